The van der Waals surface area contributed by atoms with E-state index in [1.807, 2.05) is 13.8 Å². The molecule has 0 amide bonds. The minimum atomic E-state index is -0.971. The molecule has 108 valence electrons. The first-order valence-electron chi connectivity index (χ1n) is 6.70. The monoisotopic (exact) mass is 284 g/mol. The number of hydrogen-bond donors (Lipinski definition) is 0. The summed E-state index contributed by atoms with van der Waals surface area (Å²) in [5, 5.41) is 0. The molecule has 0 fully saturated rings. The van der Waals surface area contributed by atoms with Crippen molar-refractivity contribution in [1.82, 2.24) is 0 Å². The van der Waals surface area contributed by atoms with E-state index in [9.17, 15) is 4.21 Å². The van der Waals surface area contributed by atoms with Gasteiger partial charge in [0.1, 0.15) is 0 Å². The van der Waals surface area contributed by atoms with E-state index in [-0.39, 0.29) is 6.29 Å². The highest BCUT2D eigenvalue weighted by Crippen LogP contribution is 2.12. The van der Waals surface area contributed by atoms with Crippen LogP contribution in [0.2, 0.25) is 0 Å². The second-order valence-corrected chi connectivity index (χ2v) is 6.09. The van der Waals surface area contributed by atoms with Gasteiger partial charge in [-0.25, -0.2) is 0 Å². The first-order valence-corrected chi connectivity index (χ1v) is 8.19. The van der Waals surface area contributed by atoms with Gasteiger partial charge in [-0.15, -0.1) is 0 Å². The van der Waals surface area contributed by atoms with E-state index in [2.05, 4.69) is 32.0 Å². The van der Waals surface area contributed by atoms with Gasteiger partial charge in [0.25, 0.3) is 0 Å². The molecule has 0 spiro atoms. The zero-order valence-electron chi connectivity index (χ0n) is 12.3. The van der Waals surface area contributed by atoms with Crippen LogP contribution in [0, 0.1) is 13.8 Å². The molecule has 1 unspecified atom stereocenters. The Kier molecular flexibility index (Phi) is 7.28. The first kappa shape index (κ1) is 16.3. The molecule has 0 N–H and O–H groups in total. The fraction of sp³-hybridized carbons (Fsp3) is 0.600. The third-order valence-electron chi connectivity index (χ3n) is 2.64. The van der Waals surface area contributed by atoms with E-state index >= 15 is 0 Å². The molecule has 0 bridgehead atoms. The summed E-state index contributed by atoms with van der Waals surface area (Å²) in [4.78, 5) is 0. The maximum Gasteiger partial charge on any atom is 0.168 e. The lowest BCUT2D eigenvalue weighted by Gasteiger charge is -2.16. The third kappa shape index (κ3) is 6.32. The highest BCUT2D eigenvalue weighted by atomic mass is 32.2. The first-order chi connectivity index (χ1) is 9.05. The number of aryl methyl sites for hydroxylation is 2. The van der Waals surface area contributed by atoms with Crippen molar-refractivity contribution in [3.05, 3.63) is 34.9 Å². The van der Waals surface area contributed by atoms with Crippen LogP contribution < -0.4 is 0 Å². The van der Waals surface area contributed by atoms with Gasteiger partial charge in [0.15, 0.2) is 6.29 Å². The van der Waals surface area contributed by atoms with Gasteiger partial charge in [0.05, 0.1) is 5.75 Å². The van der Waals surface area contributed by atoms with E-state index in [0.717, 1.165) is 5.56 Å². The topological polar surface area (TPSA) is 35.5 Å². The molecule has 4 heteroatoms. The van der Waals surface area contributed by atoms with Crippen molar-refractivity contribution in [1.29, 1.82) is 0 Å². The molecule has 0 saturated heterocycles. The SMILES string of the molecule is CCOC(CS(=O)Cc1cc(C)cc(C)c1)OCC. The Bertz CT molecular complexity index is 392. The van der Waals surface area contributed by atoms with Gasteiger partial charge in [0, 0.05) is 29.8 Å². The van der Waals surface area contributed by atoms with Crippen molar-refractivity contribution >= 4 is 10.8 Å². The van der Waals surface area contributed by atoms with Crippen LogP contribution in [0.3, 0.4) is 0 Å². The zero-order valence-corrected chi connectivity index (χ0v) is 13.1. The van der Waals surface area contributed by atoms with Crippen LogP contribution in [0.1, 0.15) is 30.5 Å². The lowest BCUT2D eigenvalue weighted by Crippen LogP contribution is -2.25. The minimum Gasteiger partial charge on any atom is -0.352 e. The highest BCUT2D eigenvalue weighted by Gasteiger charge is 2.13. The Morgan fingerprint density at radius 3 is 2.05 bits per heavy atom. The van der Waals surface area contributed by atoms with Crippen LogP contribution in [0.5, 0.6) is 0 Å². The average Bonchev–Trinajstić information content (AvgIpc) is 2.27. The fourth-order valence-electron chi connectivity index (χ4n) is 2.07. The van der Waals surface area contributed by atoms with Crippen molar-refractivity contribution in [2.45, 2.75) is 39.7 Å². The summed E-state index contributed by atoms with van der Waals surface area (Å²) in [6, 6.07) is 6.29. The van der Waals surface area contributed by atoms with Gasteiger partial charge < -0.3 is 9.47 Å². The molecular formula is C15H24O3S. The maximum atomic E-state index is 12.1. The van der Waals surface area contributed by atoms with Gasteiger partial charge in [-0.3, -0.25) is 4.21 Å². The van der Waals surface area contributed by atoms with Gasteiger partial charge in [-0.2, -0.15) is 0 Å². The van der Waals surface area contributed by atoms with Gasteiger partial charge in [-0.1, -0.05) is 29.3 Å². The molecule has 0 heterocycles. The average molecular weight is 284 g/mol. The summed E-state index contributed by atoms with van der Waals surface area (Å²) < 4.78 is 23.0. The number of hydrogen-bond acceptors (Lipinski definition) is 3. The quantitative estimate of drug-likeness (QED) is 0.689. The van der Waals surface area contributed by atoms with Gasteiger partial charge in [0.2, 0.25) is 0 Å². The fourth-order valence-corrected chi connectivity index (χ4v) is 3.22. The van der Waals surface area contributed by atoms with Crippen LogP contribution >= 0.6 is 0 Å². The normalized spacial score (nSPS) is 12.9. The maximum absolute atomic E-state index is 12.1. The molecule has 1 rings (SSSR count). The summed E-state index contributed by atoms with van der Waals surface area (Å²) in [5.41, 5.74) is 3.53. The predicted molar refractivity (Wildman–Crippen MR) is 79.7 cm³/mol. The largest absolute Gasteiger partial charge is 0.352 e. The lowest BCUT2D eigenvalue weighted by molar-refractivity contribution is -0.120. The number of rotatable bonds is 8. The molecular weight excluding hydrogens is 260 g/mol. The smallest absolute Gasteiger partial charge is 0.168 e. The Balaban J connectivity index is 2.58. The Hall–Kier alpha value is -0.710. The van der Waals surface area contributed by atoms with Crippen LogP contribution in [0.15, 0.2) is 18.2 Å². The summed E-state index contributed by atoms with van der Waals surface area (Å²) in [5.74, 6) is 0.980. The molecule has 1 aromatic carbocycles. The molecule has 0 aromatic heterocycles. The van der Waals surface area contributed by atoms with Crippen molar-refractivity contribution in [3.63, 3.8) is 0 Å². The van der Waals surface area contributed by atoms with E-state index < -0.39 is 10.8 Å². The molecule has 0 radical (unpaired) electrons. The van der Waals surface area contributed by atoms with Gasteiger partial charge >= 0.3 is 0 Å². The van der Waals surface area contributed by atoms with Crippen molar-refractivity contribution in [3.8, 4) is 0 Å². The molecule has 1 aromatic rings. The zero-order chi connectivity index (χ0) is 14.3. The second-order valence-electron chi connectivity index (χ2n) is 4.59. The molecule has 0 aliphatic heterocycles. The standard InChI is InChI=1S/C15H24O3S/c1-5-17-15(18-6-2)11-19(16)10-14-8-12(3)7-13(4)9-14/h7-9,15H,5-6,10-11H2,1-4H3. The summed E-state index contributed by atoms with van der Waals surface area (Å²) in [6.45, 7) is 9.10. The van der Waals surface area contributed by atoms with E-state index in [4.69, 9.17) is 9.47 Å². The van der Waals surface area contributed by atoms with E-state index in [0.29, 0.717) is 24.7 Å². The van der Waals surface area contributed by atoms with Crippen molar-refractivity contribution in [2.75, 3.05) is 19.0 Å². The number of benzene rings is 1. The number of ether oxygens (including phenoxy) is 2. The second kappa shape index (κ2) is 8.46. The third-order valence-corrected chi connectivity index (χ3v) is 3.94. The summed E-state index contributed by atoms with van der Waals surface area (Å²) in [6.07, 6.45) is -0.360. The Labute approximate surface area is 118 Å². The van der Waals surface area contributed by atoms with E-state index in [1.165, 1.54) is 11.1 Å². The molecule has 19 heavy (non-hydrogen) atoms. The van der Waals surface area contributed by atoms with Crippen molar-refractivity contribution in [2.24, 2.45) is 0 Å². The van der Waals surface area contributed by atoms with Crippen LogP contribution in [-0.2, 0) is 26.0 Å². The molecule has 3 nitrogen and oxygen atoms in total. The van der Waals surface area contributed by atoms with Crippen LogP contribution in [-0.4, -0.2) is 29.5 Å². The lowest BCUT2D eigenvalue weighted by atomic mass is 10.1. The molecule has 1 atom stereocenters. The summed E-state index contributed by atoms with van der Waals surface area (Å²) in [7, 11) is -0.971. The minimum absolute atomic E-state index is 0.360. The highest BCUT2D eigenvalue weighted by molar-refractivity contribution is 7.84. The Morgan fingerprint density at radius 2 is 1.58 bits per heavy atom. The van der Waals surface area contributed by atoms with Crippen LogP contribution in [0.25, 0.3) is 0 Å². The van der Waals surface area contributed by atoms with E-state index in [1.54, 1.807) is 0 Å². The molecule has 0 aliphatic rings. The van der Waals surface area contributed by atoms with Gasteiger partial charge in [-0.05, 0) is 33.3 Å². The predicted octanol–water partition coefficient (Wildman–Crippen LogP) is 2.95. The molecule has 0 saturated carbocycles. The summed E-state index contributed by atoms with van der Waals surface area (Å²) >= 11 is 0. The van der Waals surface area contributed by atoms with Crippen molar-refractivity contribution < 1.29 is 13.7 Å². The Morgan fingerprint density at radius 1 is 1.05 bits per heavy atom. The van der Waals surface area contributed by atoms with Crippen LogP contribution in [0.4, 0.5) is 0 Å². The molecule has 0 aliphatic carbocycles.